The lowest BCUT2D eigenvalue weighted by Gasteiger charge is -1.98. The number of aldehydes is 1. The van der Waals surface area contributed by atoms with Gasteiger partial charge in [-0.2, -0.15) is 0 Å². The third kappa shape index (κ3) is 2.50. The van der Waals surface area contributed by atoms with Gasteiger partial charge in [0, 0.05) is 5.56 Å². The number of rotatable bonds is 4. The molecule has 14 heavy (non-hydrogen) atoms. The fourth-order valence-corrected chi connectivity index (χ4v) is 1.09. The maximum Gasteiger partial charge on any atom is 0.153 e. The Hall–Kier alpha value is -1.48. The molecule has 0 radical (unpaired) electrons. The Morgan fingerprint density at radius 3 is 2.71 bits per heavy atom. The van der Waals surface area contributed by atoms with Crippen molar-refractivity contribution in [2.75, 3.05) is 6.54 Å². The molecule has 0 heterocycles. The van der Waals surface area contributed by atoms with Crippen LogP contribution in [-0.2, 0) is 0 Å². The second-order valence-electron chi connectivity index (χ2n) is 2.85. The lowest BCUT2D eigenvalue weighted by atomic mass is 10.1. The normalized spacial score (nSPS) is 10.7. The lowest BCUT2D eigenvalue weighted by Crippen LogP contribution is -1.95. The van der Waals surface area contributed by atoms with Gasteiger partial charge in [0.25, 0.3) is 0 Å². The van der Waals surface area contributed by atoms with Crippen LogP contribution in [0.3, 0.4) is 0 Å². The summed E-state index contributed by atoms with van der Waals surface area (Å²) < 4.78 is 13.4. The second kappa shape index (κ2) is 5.29. The van der Waals surface area contributed by atoms with Crippen molar-refractivity contribution in [1.29, 1.82) is 0 Å². The Balaban J connectivity index is 2.92. The van der Waals surface area contributed by atoms with E-state index < -0.39 is 5.82 Å². The lowest BCUT2D eigenvalue weighted by molar-refractivity contribution is 0.112. The highest BCUT2D eigenvalue weighted by atomic mass is 19.1. The Bertz CT molecular complexity index is 347. The first-order chi connectivity index (χ1) is 6.79. The van der Waals surface area contributed by atoms with Gasteiger partial charge in [-0.1, -0.05) is 24.3 Å². The quantitative estimate of drug-likeness (QED) is 0.743. The molecule has 0 unspecified atom stereocenters. The molecule has 0 aliphatic rings. The van der Waals surface area contributed by atoms with E-state index in [2.05, 4.69) is 0 Å². The molecule has 3 heteroatoms. The molecule has 0 bridgehead atoms. The van der Waals surface area contributed by atoms with Crippen LogP contribution in [0, 0.1) is 5.82 Å². The van der Waals surface area contributed by atoms with Gasteiger partial charge < -0.3 is 5.73 Å². The molecule has 2 N–H and O–H groups in total. The first-order valence-electron chi connectivity index (χ1n) is 4.40. The predicted molar refractivity (Wildman–Crippen MR) is 54.5 cm³/mol. The van der Waals surface area contributed by atoms with Gasteiger partial charge in [-0.3, -0.25) is 4.79 Å². The molecular weight excluding hydrogens is 181 g/mol. The van der Waals surface area contributed by atoms with Crippen molar-refractivity contribution in [2.24, 2.45) is 5.73 Å². The molecule has 74 valence electrons. The Kier molecular flexibility index (Phi) is 4.01. The van der Waals surface area contributed by atoms with Gasteiger partial charge in [0.1, 0.15) is 5.82 Å². The van der Waals surface area contributed by atoms with Gasteiger partial charge in [-0.05, 0) is 19.0 Å². The van der Waals surface area contributed by atoms with Crippen LogP contribution in [0.2, 0.25) is 0 Å². The molecule has 0 fully saturated rings. The summed E-state index contributed by atoms with van der Waals surface area (Å²) in [6.45, 7) is 0.533. The average molecular weight is 193 g/mol. The molecule has 1 aromatic rings. The van der Waals surface area contributed by atoms with Crippen LogP contribution in [0.1, 0.15) is 22.3 Å². The van der Waals surface area contributed by atoms with E-state index in [1.165, 1.54) is 6.07 Å². The van der Waals surface area contributed by atoms with Gasteiger partial charge in [-0.15, -0.1) is 0 Å². The summed E-state index contributed by atoms with van der Waals surface area (Å²) in [7, 11) is 0. The first kappa shape index (κ1) is 10.6. The Morgan fingerprint density at radius 2 is 2.07 bits per heavy atom. The minimum absolute atomic E-state index is 0.0832. The predicted octanol–water partition coefficient (Wildman–Crippen LogP) is 2.00. The Labute approximate surface area is 82.2 Å². The van der Waals surface area contributed by atoms with Crippen LogP contribution in [0.4, 0.5) is 4.39 Å². The van der Waals surface area contributed by atoms with Crippen molar-refractivity contribution in [3.05, 3.63) is 41.2 Å². The molecular formula is C11H12FNO. The monoisotopic (exact) mass is 193 g/mol. The van der Waals surface area contributed by atoms with E-state index >= 15 is 0 Å². The third-order valence-corrected chi connectivity index (χ3v) is 1.82. The maximum atomic E-state index is 13.4. The van der Waals surface area contributed by atoms with Crippen molar-refractivity contribution < 1.29 is 9.18 Å². The molecule has 0 aliphatic heterocycles. The summed E-state index contributed by atoms with van der Waals surface area (Å²) in [5.74, 6) is -0.476. The zero-order valence-electron chi connectivity index (χ0n) is 7.74. The molecule has 0 saturated carbocycles. The summed E-state index contributed by atoms with van der Waals surface area (Å²) in [6, 6.07) is 4.72. The zero-order valence-corrected chi connectivity index (χ0v) is 7.74. The number of nitrogens with two attached hydrogens (primary N) is 1. The summed E-state index contributed by atoms with van der Waals surface area (Å²) in [6.07, 6.45) is 4.63. The van der Waals surface area contributed by atoms with Crippen LogP contribution in [-0.4, -0.2) is 12.8 Å². The van der Waals surface area contributed by atoms with Crippen molar-refractivity contribution in [3.8, 4) is 0 Å². The summed E-state index contributed by atoms with van der Waals surface area (Å²) in [5, 5.41) is 0. The summed E-state index contributed by atoms with van der Waals surface area (Å²) in [4.78, 5) is 10.4. The fourth-order valence-electron chi connectivity index (χ4n) is 1.09. The van der Waals surface area contributed by atoms with Crippen LogP contribution in [0.25, 0.3) is 6.08 Å². The highest BCUT2D eigenvalue weighted by molar-refractivity contribution is 5.76. The van der Waals surface area contributed by atoms with Crippen molar-refractivity contribution in [3.63, 3.8) is 0 Å². The molecule has 0 saturated heterocycles. The number of hydrogen-bond acceptors (Lipinski definition) is 2. The maximum absolute atomic E-state index is 13.4. The van der Waals surface area contributed by atoms with Gasteiger partial charge in [0.05, 0.1) is 5.56 Å². The van der Waals surface area contributed by atoms with Gasteiger partial charge in [0.2, 0.25) is 0 Å². The van der Waals surface area contributed by atoms with E-state index in [4.69, 9.17) is 5.73 Å². The SMILES string of the molecule is NCCC=Cc1cccc(C=O)c1F. The topological polar surface area (TPSA) is 43.1 Å². The van der Waals surface area contributed by atoms with E-state index in [9.17, 15) is 9.18 Å². The highest BCUT2D eigenvalue weighted by Crippen LogP contribution is 2.12. The minimum Gasteiger partial charge on any atom is -0.330 e. The standard InChI is InChI=1S/C11H12FNO/c12-11-9(4-1-2-7-13)5-3-6-10(11)8-14/h1,3-6,8H,2,7,13H2. The molecule has 2 nitrogen and oxygen atoms in total. The molecule has 1 rings (SSSR count). The molecule has 0 aliphatic carbocycles. The number of hydrogen-bond donors (Lipinski definition) is 1. The van der Waals surface area contributed by atoms with Crippen LogP contribution >= 0.6 is 0 Å². The van der Waals surface area contributed by atoms with Gasteiger partial charge >= 0.3 is 0 Å². The third-order valence-electron chi connectivity index (χ3n) is 1.82. The zero-order chi connectivity index (χ0) is 10.4. The molecule has 0 amide bonds. The molecule has 0 spiro atoms. The average Bonchev–Trinajstić information content (AvgIpc) is 2.21. The fraction of sp³-hybridized carbons (Fsp3) is 0.182. The van der Waals surface area contributed by atoms with Gasteiger partial charge in [-0.25, -0.2) is 4.39 Å². The summed E-state index contributed by atoms with van der Waals surface area (Å²) in [5.41, 5.74) is 5.79. The minimum atomic E-state index is -0.476. The van der Waals surface area contributed by atoms with Crippen molar-refractivity contribution in [2.45, 2.75) is 6.42 Å². The largest absolute Gasteiger partial charge is 0.330 e. The number of halogens is 1. The number of benzene rings is 1. The Morgan fingerprint density at radius 1 is 1.36 bits per heavy atom. The molecule has 1 aromatic carbocycles. The van der Waals surface area contributed by atoms with Crippen LogP contribution in [0.15, 0.2) is 24.3 Å². The van der Waals surface area contributed by atoms with Crippen molar-refractivity contribution >= 4 is 12.4 Å². The molecule has 0 aromatic heterocycles. The molecule has 0 atom stereocenters. The number of carbonyl (C=O) groups excluding carboxylic acids is 1. The van der Waals surface area contributed by atoms with E-state index in [1.807, 2.05) is 0 Å². The van der Waals surface area contributed by atoms with Gasteiger partial charge in [0.15, 0.2) is 6.29 Å². The summed E-state index contributed by atoms with van der Waals surface area (Å²) >= 11 is 0. The van der Waals surface area contributed by atoms with Crippen LogP contribution < -0.4 is 5.73 Å². The van der Waals surface area contributed by atoms with Crippen LogP contribution in [0.5, 0.6) is 0 Å². The van der Waals surface area contributed by atoms with E-state index in [1.54, 1.807) is 24.3 Å². The van der Waals surface area contributed by atoms with E-state index in [-0.39, 0.29) is 5.56 Å². The van der Waals surface area contributed by atoms with Crippen molar-refractivity contribution in [1.82, 2.24) is 0 Å². The highest BCUT2D eigenvalue weighted by Gasteiger charge is 2.03. The second-order valence-corrected chi connectivity index (χ2v) is 2.85. The van der Waals surface area contributed by atoms with E-state index in [0.29, 0.717) is 24.8 Å². The van der Waals surface area contributed by atoms with E-state index in [0.717, 1.165) is 0 Å². The first-order valence-corrected chi connectivity index (χ1v) is 4.40. The smallest absolute Gasteiger partial charge is 0.153 e. The number of carbonyl (C=O) groups is 1.